The summed E-state index contributed by atoms with van der Waals surface area (Å²) in [6, 6.07) is 4.31. The van der Waals surface area contributed by atoms with Crippen molar-refractivity contribution in [2.45, 2.75) is 20.3 Å². The molecule has 0 radical (unpaired) electrons. The number of hydrogen-bond donors (Lipinski definition) is 1. The standard InChI is InChI=1S/C13H13FN2O2/c1-7(2)6-10-15-9-5-3-4-8(14)11(9)12(16-10)13(17)18/h3-5,7H,6H2,1-2H3,(H,17,18). The van der Waals surface area contributed by atoms with E-state index in [1.165, 1.54) is 12.1 Å². The number of halogens is 1. The van der Waals surface area contributed by atoms with Gasteiger partial charge in [-0.05, 0) is 18.1 Å². The third-order valence-corrected chi connectivity index (χ3v) is 2.51. The summed E-state index contributed by atoms with van der Waals surface area (Å²) in [6.45, 7) is 3.97. The van der Waals surface area contributed by atoms with E-state index in [0.717, 1.165) is 0 Å². The van der Waals surface area contributed by atoms with Crippen molar-refractivity contribution in [1.82, 2.24) is 9.97 Å². The maximum absolute atomic E-state index is 13.7. The van der Waals surface area contributed by atoms with E-state index in [-0.39, 0.29) is 11.1 Å². The van der Waals surface area contributed by atoms with Crippen LogP contribution in [0.15, 0.2) is 18.2 Å². The number of benzene rings is 1. The van der Waals surface area contributed by atoms with Gasteiger partial charge in [-0.1, -0.05) is 19.9 Å². The quantitative estimate of drug-likeness (QED) is 0.907. The molecular weight excluding hydrogens is 235 g/mol. The third kappa shape index (κ3) is 2.30. The fourth-order valence-corrected chi connectivity index (χ4v) is 1.80. The Morgan fingerprint density at radius 1 is 1.39 bits per heavy atom. The summed E-state index contributed by atoms with van der Waals surface area (Å²) in [5, 5.41) is 9.08. The molecule has 94 valence electrons. The number of aromatic nitrogens is 2. The topological polar surface area (TPSA) is 63.1 Å². The first-order valence-corrected chi connectivity index (χ1v) is 5.67. The van der Waals surface area contributed by atoms with Crippen LogP contribution in [0.5, 0.6) is 0 Å². The summed E-state index contributed by atoms with van der Waals surface area (Å²) in [4.78, 5) is 19.3. The molecule has 2 aromatic rings. The van der Waals surface area contributed by atoms with Crippen LogP contribution in [0.25, 0.3) is 10.9 Å². The van der Waals surface area contributed by atoms with Crippen LogP contribution < -0.4 is 0 Å². The molecular formula is C13H13FN2O2. The number of carboxylic acid groups (broad SMARTS) is 1. The van der Waals surface area contributed by atoms with E-state index in [2.05, 4.69) is 9.97 Å². The number of carbonyl (C=O) groups is 1. The molecule has 0 unspecified atom stereocenters. The van der Waals surface area contributed by atoms with Crippen LogP contribution in [0.1, 0.15) is 30.2 Å². The molecule has 0 saturated carbocycles. The van der Waals surface area contributed by atoms with Crippen LogP contribution in [0.3, 0.4) is 0 Å². The SMILES string of the molecule is CC(C)Cc1nc(C(=O)O)c2c(F)cccc2n1. The molecule has 4 nitrogen and oxygen atoms in total. The van der Waals surface area contributed by atoms with Crippen LogP contribution in [0.4, 0.5) is 4.39 Å². The largest absolute Gasteiger partial charge is 0.476 e. The van der Waals surface area contributed by atoms with Crippen molar-refractivity contribution in [1.29, 1.82) is 0 Å². The first-order valence-electron chi connectivity index (χ1n) is 5.67. The van der Waals surface area contributed by atoms with E-state index in [0.29, 0.717) is 23.7 Å². The average molecular weight is 248 g/mol. The van der Waals surface area contributed by atoms with Crippen LogP contribution in [-0.2, 0) is 6.42 Å². The Morgan fingerprint density at radius 2 is 2.11 bits per heavy atom. The molecule has 1 heterocycles. The van der Waals surface area contributed by atoms with Crippen LogP contribution in [0, 0.1) is 11.7 Å². The molecule has 0 atom stereocenters. The molecule has 0 amide bonds. The van der Waals surface area contributed by atoms with Gasteiger partial charge >= 0.3 is 5.97 Å². The lowest BCUT2D eigenvalue weighted by atomic mass is 10.1. The lowest BCUT2D eigenvalue weighted by Gasteiger charge is -2.08. The first kappa shape index (κ1) is 12.4. The number of aromatic carboxylic acids is 1. The highest BCUT2D eigenvalue weighted by molar-refractivity contribution is 6.00. The van der Waals surface area contributed by atoms with Crippen molar-refractivity contribution in [3.8, 4) is 0 Å². The molecule has 18 heavy (non-hydrogen) atoms. The van der Waals surface area contributed by atoms with Gasteiger partial charge in [-0.25, -0.2) is 19.2 Å². The zero-order valence-corrected chi connectivity index (χ0v) is 10.1. The molecule has 0 spiro atoms. The van der Waals surface area contributed by atoms with Crippen LogP contribution >= 0.6 is 0 Å². The van der Waals surface area contributed by atoms with Crippen molar-refractivity contribution in [3.63, 3.8) is 0 Å². The smallest absolute Gasteiger partial charge is 0.355 e. The number of rotatable bonds is 3. The molecule has 5 heteroatoms. The van der Waals surface area contributed by atoms with E-state index >= 15 is 0 Å². The highest BCUT2D eigenvalue weighted by Gasteiger charge is 2.17. The minimum atomic E-state index is -1.24. The Morgan fingerprint density at radius 3 is 2.72 bits per heavy atom. The zero-order chi connectivity index (χ0) is 13.3. The summed E-state index contributed by atoms with van der Waals surface area (Å²) < 4.78 is 13.7. The number of fused-ring (bicyclic) bond motifs is 1. The Hall–Kier alpha value is -2.04. The lowest BCUT2D eigenvalue weighted by Crippen LogP contribution is -2.09. The fraction of sp³-hybridized carbons (Fsp3) is 0.308. The normalized spacial score (nSPS) is 11.1. The van der Waals surface area contributed by atoms with Gasteiger partial charge in [0.05, 0.1) is 10.9 Å². The fourth-order valence-electron chi connectivity index (χ4n) is 1.80. The predicted molar refractivity (Wildman–Crippen MR) is 65.0 cm³/mol. The van der Waals surface area contributed by atoms with Crippen LogP contribution in [0.2, 0.25) is 0 Å². The molecule has 1 N–H and O–H groups in total. The molecule has 0 aliphatic heterocycles. The van der Waals surface area contributed by atoms with Gasteiger partial charge in [0, 0.05) is 6.42 Å². The van der Waals surface area contributed by atoms with Gasteiger partial charge in [0.2, 0.25) is 0 Å². The second-order valence-electron chi connectivity index (χ2n) is 4.53. The van der Waals surface area contributed by atoms with Gasteiger partial charge in [-0.15, -0.1) is 0 Å². The molecule has 0 fully saturated rings. The number of carboxylic acids is 1. The van der Waals surface area contributed by atoms with Crippen molar-refractivity contribution < 1.29 is 14.3 Å². The van der Waals surface area contributed by atoms with E-state index in [1.807, 2.05) is 13.8 Å². The van der Waals surface area contributed by atoms with Crippen molar-refractivity contribution in [2.24, 2.45) is 5.92 Å². The minimum Gasteiger partial charge on any atom is -0.476 e. The monoisotopic (exact) mass is 248 g/mol. The Labute approximate surface area is 103 Å². The Bertz CT molecular complexity index is 611. The number of hydrogen-bond acceptors (Lipinski definition) is 3. The highest BCUT2D eigenvalue weighted by atomic mass is 19.1. The summed E-state index contributed by atoms with van der Waals surface area (Å²) >= 11 is 0. The van der Waals surface area contributed by atoms with Crippen molar-refractivity contribution in [2.75, 3.05) is 0 Å². The maximum atomic E-state index is 13.7. The molecule has 1 aromatic carbocycles. The van der Waals surface area contributed by atoms with E-state index < -0.39 is 11.8 Å². The zero-order valence-electron chi connectivity index (χ0n) is 10.1. The predicted octanol–water partition coefficient (Wildman–Crippen LogP) is 2.67. The summed E-state index contributed by atoms with van der Waals surface area (Å²) in [5.74, 6) is -1.11. The third-order valence-electron chi connectivity index (χ3n) is 2.51. The highest BCUT2D eigenvalue weighted by Crippen LogP contribution is 2.20. The first-order chi connectivity index (χ1) is 8.49. The second-order valence-corrected chi connectivity index (χ2v) is 4.53. The molecule has 1 aromatic heterocycles. The van der Waals surface area contributed by atoms with Crippen molar-refractivity contribution >= 4 is 16.9 Å². The minimum absolute atomic E-state index is 0.0301. The van der Waals surface area contributed by atoms with E-state index in [1.54, 1.807) is 6.07 Å². The molecule has 0 bridgehead atoms. The lowest BCUT2D eigenvalue weighted by molar-refractivity contribution is 0.0692. The van der Waals surface area contributed by atoms with E-state index in [4.69, 9.17) is 5.11 Å². The van der Waals surface area contributed by atoms with Gasteiger partial charge in [0.25, 0.3) is 0 Å². The van der Waals surface area contributed by atoms with Gasteiger partial charge in [0.15, 0.2) is 5.69 Å². The average Bonchev–Trinajstić information content (AvgIpc) is 2.27. The van der Waals surface area contributed by atoms with E-state index in [9.17, 15) is 9.18 Å². The molecule has 0 saturated heterocycles. The van der Waals surface area contributed by atoms with Gasteiger partial charge in [0.1, 0.15) is 11.6 Å². The van der Waals surface area contributed by atoms with Gasteiger partial charge in [-0.2, -0.15) is 0 Å². The second kappa shape index (κ2) is 4.68. The van der Waals surface area contributed by atoms with Gasteiger partial charge in [-0.3, -0.25) is 0 Å². The number of nitrogens with zero attached hydrogens (tertiary/aromatic N) is 2. The summed E-state index contributed by atoms with van der Waals surface area (Å²) in [7, 11) is 0. The van der Waals surface area contributed by atoms with Crippen molar-refractivity contribution in [3.05, 3.63) is 35.5 Å². The maximum Gasteiger partial charge on any atom is 0.355 e. The Kier molecular flexibility index (Phi) is 3.23. The summed E-state index contributed by atoms with van der Waals surface area (Å²) in [6.07, 6.45) is 0.562. The van der Waals surface area contributed by atoms with Gasteiger partial charge < -0.3 is 5.11 Å². The van der Waals surface area contributed by atoms with Crippen LogP contribution in [-0.4, -0.2) is 21.0 Å². The Balaban J connectivity index is 2.71. The molecule has 0 aliphatic carbocycles. The molecule has 2 rings (SSSR count). The molecule has 0 aliphatic rings. The summed E-state index contributed by atoms with van der Waals surface area (Å²) in [5.41, 5.74) is 0.0619.